The molecule has 1 atom stereocenters. The van der Waals surface area contributed by atoms with E-state index >= 15 is 0 Å². The van der Waals surface area contributed by atoms with Crippen molar-refractivity contribution in [3.05, 3.63) is 11.8 Å². The number of nitrogens with zero attached hydrogens (tertiary/aromatic N) is 3. The number of anilines is 1. The third-order valence-corrected chi connectivity index (χ3v) is 6.69. The van der Waals surface area contributed by atoms with Crippen LogP contribution in [0.4, 0.5) is 5.88 Å². The van der Waals surface area contributed by atoms with Crippen molar-refractivity contribution >= 4 is 21.8 Å². The third-order valence-electron chi connectivity index (χ3n) is 5.42. The van der Waals surface area contributed by atoms with Gasteiger partial charge >= 0.3 is 0 Å². The summed E-state index contributed by atoms with van der Waals surface area (Å²) < 4.78 is 30.1. The summed E-state index contributed by atoms with van der Waals surface area (Å²) in [6.07, 6.45) is 1.86. The van der Waals surface area contributed by atoms with E-state index in [4.69, 9.17) is 4.52 Å². The molecular weight excluding hydrogens is 372 g/mol. The Hall–Kier alpha value is -1.49. The second kappa shape index (κ2) is 7.50. The number of carbonyl (C=O) groups is 1. The van der Waals surface area contributed by atoms with E-state index in [2.05, 4.69) is 10.5 Å². The first-order valence-electron chi connectivity index (χ1n) is 8.86. The number of nitrogens with one attached hydrogen (secondary N) is 1. The molecule has 0 bridgehead atoms. The van der Waals surface area contributed by atoms with Crippen molar-refractivity contribution in [1.82, 2.24) is 14.4 Å². The van der Waals surface area contributed by atoms with Crippen molar-refractivity contribution in [2.75, 3.05) is 38.3 Å². The SMILES string of the molecule is CN([C@H]1CCN(S(C)(=O)=O)C1)C(C)(C)C(=O)Nc1cc(C(C)(C)CO)no1. The van der Waals surface area contributed by atoms with Gasteiger partial charge in [-0.05, 0) is 27.3 Å². The van der Waals surface area contributed by atoms with E-state index < -0.39 is 21.0 Å². The maximum atomic E-state index is 12.8. The van der Waals surface area contributed by atoms with Crippen LogP contribution in [-0.4, -0.2) is 78.4 Å². The minimum atomic E-state index is -3.23. The van der Waals surface area contributed by atoms with Crippen LogP contribution in [0.25, 0.3) is 0 Å². The van der Waals surface area contributed by atoms with Crippen LogP contribution in [-0.2, 0) is 20.2 Å². The van der Waals surface area contributed by atoms with Gasteiger partial charge < -0.3 is 9.63 Å². The third kappa shape index (κ3) is 4.68. The van der Waals surface area contributed by atoms with Crippen LogP contribution in [0.1, 0.15) is 39.8 Å². The van der Waals surface area contributed by atoms with Gasteiger partial charge in [-0.3, -0.25) is 15.0 Å². The highest BCUT2D eigenvalue weighted by atomic mass is 32.2. The lowest BCUT2D eigenvalue weighted by molar-refractivity contribution is -0.126. The summed E-state index contributed by atoms with van der Waals surface area (Å²) >= 11 is 0. The molecule has 0 spiro atoms. The average Bonchev–Trinajstić information content (AvgIpc) is 3.23. The number of aliphatic hydroxyl groups is 1. The number of rotatable bonds is 7. The fourth-order valence-electron chi connectivity index (χ4n) is 2.94. The van der Waals surface area contributed by atoms with Crippen LogP contribution < -0.4 is 5.32 Å². The van der Waals surface area contributed by atoms with E-state index in [0.717, 1.165) is 0 Å². The Kier molecular flexibility index (Phi) is 6.05. The van der Waals surface area contributed by atoms with E-state index in [9.17, 15) is 18.3 Å². The number of aliphatic hydroxyl groups excluding tert-OH is 1. The van der Waals surface area contributed by atoms with Crippen LogP contribution in [0.15, 0.2) is 10.6 Å². The van der Waals surface area contributed by atoms with Crippen LogP contribution in [0.2, 0.25) is 0 Å². The fourth-order valence-corrected chi connectivity index (χ4v) is 3.82. The second-order valence-corrected chi connectivity index (χ2v) is 10.3. The van der Waals surface area contributed by atoms with Gasteiger partial charge in [0.15, 0.2) is 0 Å². The maximum absolute atomic E-state index is 12.8. The summed E-state index contributed by atoms with van der Waals surface area (Å²) in [5, 5.41) is 16.1. The number of likely N-dealkylation sites (N-methyl/N-ethyl adjacent to an activating group) is 1. The summed E-state index contributed by atoms with van der Waals surface area (Å²) in [6.45, 7) is 7.92. The van der Waals surface area contributed by atoms with Gasteiger partial charge in [-0.2, -0.15) is 0 Å². The molecule has 1 aromatic rings. The van der Waals surface area contributed by atoms with Gasteiger partial charge in [-0.1, -0.05) is 19.0 Å². The molecule has 1 aliphatic heterocycles. The number of aromatic nitrogens is 1. The molecule has 9 nitrogen and oxygen atoms in total. The lowest BCUT2D eigenvalue weighted by atomic mass is 9.91. The number of hydrogen-bond donors (Lipinski definition) is 2. The van der Waals surface area contributed by atoms with Crippen molar-refractivity contribution in [3.8, 4) is 0 Å². The quantitative estimate of drug-likeness (QED) is 0.687. The number of hydrogen-bond acceptors (Lipinski definition) is 7. The summed E-state index contributed by atoms with van der Waals surface area (Å²) in [5.74, 6) is -0.0745. The van der Waals surface area contributed by atoms with E-state index in [1.165, 1.54) is 10.6 Å². The van der Waals surface area contributed by atoms with E-state index in [1.807, 2.05) is 25.8 Å². The topological polar surface area (TPSA) is 116 Å². The van der Waals surface area contributed by atoms with Crippen molar-refractivity contribution in [1.29, 1.82) is 0 Å². The Balaban J connectivity index is 2.07. The minimum Gasteiger partial charge on any atom is -0.395 e. The van der Waals surface area contributed by atoms with E-state index in [-0.39, 0.29) is 24.4 Å². The van der Waals surface area contributed by atoms with Crippen LogP contribution in [0.3, 0.4) is 0 Å². The first-order valence-corrected chi connectivity index (χ1v) is 10.7. The molecule has 2 rings (SSSR count). The zero-order valence-corrected chi connectivity index (χ0v) is 17.6. The molecule has 27 heavy (non-hydrogen) atoms. The average molecular weight is 403 g/mol. The van der Waals surface area contributed by atoms with Crippen molar-refractivity contribution < 1.29 is 22.8 Å². The predicted octanol–water partition coefficient (Wildman–Crippen LogP) is 0.627. The van der Waals surface area contributed by atoms with Crippen molar-refractivity contribution in [2.45, 2.75) is 51.1 Å². The fraction of sp³-hybridized carbons (Fsp3) is 0.765. The number of sulfonamides is 1. The van der Waals surface area contributed by atoms with Gasteiger partial charge in [0, 0.05) is 30.6 Å². The summed E-state index contributed by atoms with van der Waals surface area (Å²) in [4.78, 5) is 14.7. The molecule has 154 valence electrons. The predicted molar refractivity (Wildman–Crippen MR) is 102 cm³/mol. The zero-order valence-electron chi connectivity index (χ0n) is 16.8. The Morgan fingerprint density at radius 3 is 2.59 bits per heavy atom. The highest BCUT2D eigenvalue weighted by molar-refractivity contribution is 7.88. The summed E-state index contributed by atoms with van der Waals surface area (Å²) in [6, 6.07) is 1.55. The minimum absolute atomic E-state index is 0.0564. The molecule has 0 aromatic carbocycles. The molecule has 1 aliphatic rings. The largest absolute Gasteiger partial charge is 0.395 e. The highest BCUT2D eigenvalue weighted by Gasteiger charge is 2.41. The Labute approximate surface area is 160 Å². The zero-order chi connectivity index (χ0) is 20.6. The molecule has 1 aromatic heterocycles. The second-order valence-electron chi connectivity index (χ2n) is 8.31. The van der Waals surface area contributed by atoms with Crippen molar-refractivity contribution in [2.24, 2.45) is 0 Å². The first kappa shape index (κ1) is 21.8. The van der Waals surface area contributed by atoms with Gasteiger partial charge in [0.1, 0.15) is 0 Å². The van der Waals surface area contributed by atoms with E-state index in [0.29, 0.717) is 25.2 Å². The first-order chi connectivity index (χ1) is 12.3. The standard InChI is InChI=1S/C17H30N4O5S/c1-16(2,11-22)13-9-14(26-19-13)18-15(23)17(3,4)20(5)12-7-8-21(10-12)27(6,24)25/h9,12,22H,7-8,10-11H2,1-6H3,(H,18,23)/t12-/m0/s1. The van der Waals surface area contributed by atoms with Crippen LogP contribution >= 0.6 is 0 Å². The lowest BCUT2D eigenvalue weighted by Crippen LogP contribution is -2.55. The molecule has 2 heterocycles. The molecule has 1 amide bonds. The maximum Gasteiger partial charge on any atom is 0.246 e. The Morgan fingerprint density at radius 2 is 2.07 bits per heavy atom. The molecule has 0 unspecified atom stereocenters. The molecule has 1 fully saturated rings. The van der Waals surface area contributed by atoms with Crippen LogP contribution in [0.5, 0.6) is 0 Å². The van der Waals surface area contributed by atoms with E-state index in [1.54, 1.807) is 19.9 Å². The van der Waals surface area contributed by atoms with Gasteiger partial charge in [-0.15, -0.1) is 0 Å². The smallest absolute Gasteiger partial charge is 0.246 e. The molecule has 1 saturated heterocycles. The molecule has 2 N–H and O–H groups in total. The summed E-state index contributed by atoms with van der Waals surface area (Å²) in [5.41, 5.74) is -0.916. The molecule has 0 radical (unpaired) electrons. The molecular formula is C17H30N4O5S. The molecule has 0 saturated carbocycles. The van der Waals surface area contributed by atoms with Crippen LogP contribution in [0, 0.1) is 0 Å². The normalized spacial score (nSPS) is 19.6. The molecule has 0 aliphatic carbocycles. The highest BCUT2D eigenvalue weighted by Crippen LogP contribution is 2.27. The van der Waals surface area contributed by atoms with Gasteiger partial charge in [0.05, 0.1) is 24.1 Å². The Bertz CT molecular complexity index is 787. The lowest BCUT2D eigenvalue weighted by Gasteiger charge is -2.38. The van der Waals surface area contributed by atoms with Crippen molar-refractivity contribution in [3.63, 3.8) is 0 Å². The number of carbonyl (C=O) groups excluding carboxylic acids is 1. The summed E-state index contributed by atoms with van der Waals surface area (Å²) in [7, 11) is -1.42. The van der Waals surface area contributed by atoms with Gasteiger partial charge in [0.2, 0.25) is 21.8 Å². The van der Waals surface area contributed by atoms with Gasteiger partial charge in [-0.25, -0.2) is 12.7 Å². The Morgan fingerprint density at radius 1 is 1.44 bits per heavy atom. The molecule has 10 heteroatoms. The number of amides is 1. The monoisotopic (exact) mass is 402 g/mol. The van der Waals surface area contributed by atoms with Gasteiger partial charge in [0.25, 0.3) is 0 Å².